The van der Waals surface area contributed by atoms with Crippen molar-refractivity contribution in [3.63, 3.8) is 0 Å². The predicted molar refractivity (Wildman–Crippen MR) is 85.1 cm³/mol. The SMILES string of the molecule is CCOc1ccccc1OS(=O)(=O)c1ccc([N+](=O)[O-])cc1OC. The first kappa shape index (κ1) is 17.5. The van der Waals surface area contributed by atoms with Crippen LogP contribution >= 0.6 is 0 Å². The maximum Gasteiger partial charge on any atom is 0.343 e. The number of methoxy groups -OCH3 is 1. The highest BCUT2D eigenvalue weighted by molar-refractivity contribution is 7.87. The van der Waals surface area contributed by atoms with Crippen LogP contribution in [-0.2, 0) is 10.1 Å². The maximum absolute atomic E-state index is 12.5. The predicted octanol–water partition coefficient (Wildman–Crippen LogP) is 2.77. The molecule has 128 valence electrons. The van der Waals surface area contributed by atoms with Gasteiger partial charge < -0.3 is 13.7 Å². The molecule has 0 saturated heterocycles. The van der Waals surface area contributed by atoms with Gasteiger partial charge in [0, 0.05) is 6.07 Å². The van der Waals surface area contributed by atoms with Crippen LogP contribution in [0.25, 0.3) is 0 Å². The molecule has 2 rings (SSSR count). The van der Waals surface area contributed by atoms with Crippen LogP contribution in [0.3, 0.4) is 0 Å². The third-order valence-electron chi connectivity index (χ3n) is 2.98. The van der Waals surface area contributed by atoms with E-state index >= 15 is 0 Å². The zero-order valence-corrected chi connectivity index (χ0v) is 13.8. The average Bonchev–Trinajstić information content (AvgIpc) is 2.56. The lowest BCUT2D eigenvalue weighted by atomic mass is 10.3. The second-order valence-corrected chi connectivity index (χ2v) is 6.02. The second kappa shape index (κ2) is 7.18. The number of para-hydroxylation sites is 2. The van der Waals surface area contributed by atoms with Crippen LogP contribution in [0.5, 0.6) is 17.2 Å². The Morgan fingerprint density at radius 2 is 1.75 bits per heavy atom. The third kappa shape index (κ3) is 3.74. The highest BCUT2D eigenvalue weighted by atomic mass is 32.2. The Bertz CT molecular complexity index is 849. The van der Waals surface area contributed by atoms with Gasteiger partial charge in [0.1, 0.15) is 10.6 Å². The van der Waals surface area contributed by atoms with Crippen molar-refractivity contribution in [3.05, 3.63) is 52.6 Å². The highest BCUT2D eigenvalue weighted by Crippen LogP contribution is 2.33. The van der Waals surface area contributed by atoms with E-state index in [0.717, 1.165) is 18.2 Å². The molecule has 0 fully saturated rings. The normalized spacial score (nSPS) is 10.9. The summed E-state index contributed by atoms with van der Waals surface area (Å²) in [4.78, 5) is 9.82. The summed E-state index contributed by atoms with van der Waals surface area (Å²) < 4.78 is 40.4. The topological polar surface area (TPSA) is 105 Å². The number of nitrogens with zero attached hydrogens (tertiary/aromatic N) is 1. The number of hydrogen-bond donors (Lipinski definition) is 0. The minimum absolute atomic E-state index is 0.0137. The first-order valence-electron chi connectivity index (χ1n) is 6.87. The van der Waals surface area contributed by atoms with Crippen molar-refractivity contribution in [1.82, 2.24) is 0 Å². The van der Waals surface area contributed by atoms with E-state index in [1.165, 1.54) is 13.2 Å². The standard InChI is InChI=1S/C15H15NO7S/c1-3-22-12-6-4-5-7-13(12)23-24(19,20)15-9-8-11(16(17)18)10-14(15)21-2/h4-10H,3H2,1-2H3. The van der Waals surface area contributed by atoms with Crippen LogP contribution < -0.4 is 13.7 Å². The first-order chi connectivity index (χ1) is 11.4. The van der Waals surface area contributed by atoms with Crippen LogP contribution in [0.4, 0.5) is 5.69 Å². The number of hydrogen-bond acceptors (Lipinski definition) is 7. The second-order valence-electron chi connectivity index (χ2n) is 4.51. The minimum atomic E-state index is -4.27. The van der Waals surface area contributed by atoms with Gasteiger partial charge in [0.25, 0.3) is 5.69 Å². The summed E-state index contributed by atoms with van der Waals surface area (Å²) >= 11 is 0. The molecule has 2 aromatic carbocycles. The fraction of sp³-hybridized carbons (Fsp3) is 0.200. The molecule has 0 spiro atoms. The quantitative estimate of drug-likeness (QED) is 0.428. The molecule has 9 heteroatoms. The van der Waals surface area contributed by atoms with E-state index in [4.69, 9.17) is 13.7 Å². The molecular weight excluding hydrogens is 338 g/mol. The molecule has 0 N–H and O–H groups in total. The Kier molecular flexibility index (Phi) is 5.24. The van der Waals surface area contributed by atoms with Crippen molar-refractivity contribution in [2.75, 3.05) is 13.7 Å². The van der Waals surface area contributed by atoms with Gasteiger partial charge in [-0.05, 0) is 25.1 Å². The Hall–Kier alpha value is -2.81. The summed E-state index contributed by atoms with van der Waals surface area (Å²) in [5.41, 5.74) is -0.291. The summed E-state index contributed by atoms with van der Waals surface area (Å²) in [5, 5.41) is 10.8. The zero-order valence-electron chi connectivity index (χ0n) is 13.0. The van der Waals surface area contributed by atoms with E-state index < -0.39 is 15.0 Å². The van der Waals surface area contributed by atoms with Crippen molar-refractivity contribution in [2.24, 2.45) is 0 Å². The molecule has 0 amide bonds. The van der Waals surface area contributed by atoms with Crippen LogP contribution in [0.2, 0.25) is 0 Å². The number of nitro benzene ring substituents is 1. The minimum Gasteiger partial charge on any atom is -0.495 e. The van der Waals surface area contributed by atoms with E-state index in [1.807, 2.05) is 0 Å². The Morgan fingerprint density at radius 1 is 1.08 bits per heavy atom. The van der Waals surface area contributed by atoms with Crippen molar-refractivity contribution in [1.29, 1.82) is 0 Å². The molecule has 0 aliphatic rings. The molecule has 0 aliphatic heterocycles. The number of rotatable bonds is 7. The molecule has 0 saturated carbocycles. The molecule has 2 aromatic rings. The smallest absolute Gasteiger partial charge is 0.343 e. The monoisotopic (exact) mass is 353 g/mol. The average molecular weight is 353 g/mol. The van der Waals surface area contributed by atoms with Gasteiger partial charge in [-0.15, -0.1) is 0 Å². The lowest BCUT2D eigenvalue weighted by Crippen LogP contribution is -2.12. The van der Waals surface area contributed by atoms with Crippen molar-refractivity contribution < 1.29 is 27.0 Å². The number of nitro groups is 1. The number of ether oxygens (including phenoxy) is 2. The molecule has 0 radical (unpaired) electrons. The molecule has 0 unspecified atom stereocenters. The molecule has 0 aromatic heterocycles. The Balaban J connectivity index is 2.43. The van der Waals surface area contributed by atoms with Gasteiger partial charge in [-0.3, -0.25) is 10.1 Å². The fourth-order valence-corrected chi connectivity index (χ4v) is 3.02. The fourth-order valence-electron chi connectivity index (χ4n) is 1.93. The molecule has 0 atom stereocenters. The summed E-state index contributed by atoms with van der Waals surface area (Å²) in [6.45, 7) is 2.09. The van der Waals surface area contributed by atoms with Gasteiger partial charge in [0.15, 0.2) is 11.5 Å². The molecule has 0 bridgehead atoms. The number of non-ortho nitro benzene ring substituents is 1. The lowest BCUT2D eigenvalue weighted by molar-refractivity contribution is -0.385. The summed E-state index contributed by atoms with van der Waals surface area (Å²) in [7, 11) is -3.05. The Labute approximate surface area is 138 Å². The molecule has 0 heterocycles. The van der Waals surface area contributed by atoms with E-state index in [0.29, 0.717) is 6.61 Å². The van der Waals surface area contributed by atoms with Gasteiger partial charge >= 0.3 is 10.1 Å². The van der Waals surface area contributed by atoms with Gasteiger partial charge in [-0.1, -0.05) is 12.1 Å². The maximum atomic E-state index is 12.5. The van der Waals surface area contributed by atoms with Gasteiger partial charge in [0.2, 0.25) is 0 Å². The van der Waals surface area contributed by atoms with E-state index in [1.54, 1.807) is 25.1 Å². The highest BCUT2D eigenvalue weighted by Gasteiger charge is 2.25. The third-order valence-corrected chi connectivity index (χ3v) is 4.25. The van der Waals surface area contributed by atoms with Crippen LogP contribution in [0.15, 0.2) is 47.4 Å². The largest absolute Gasteiger partial charge is 0.495 e. The van der Waals surface area contributed by atoms with Gasteiger partial charge in [-0.25, -0.2) is 0 Å². The molecular formula is C15H15NO7S. The lowest BCUT2D eigenvalue weighted by Gasteiger charge is -2.13. The first-order valence-corrected chi connectivity index (χ1v) is 8.28. The summed E-state index contributed by atoms with van der Waals surface area (Å²) in [6, 6.07) is 9.44. The Morgan fingerprint density at radius 3 is 2.33 bits per heavy atom. The number of benzene rings is 2. The molecule has 0 aliphatic carbocycles. The zero-order chi connectivity index (χ0) is 17.7. The van der Waals surface area contributed by atoms with E-state index in [9.17, 15) is 18.5 Å². The van der Waals surface area contributed by atoms with Crippen molar-refractivity contribution in [3.8, 4) is 17.2 Å². The van der Waals surface area contributed by atoms with Crippen LogP contribution in [-0.4, -0.2) is 27.1 Å². The summed E-state index contributed by atoms with van der Waals surface area (Å²) in [5.74, 6) is 0.0994. The van der Waals surface area contributed by atoms with Gasteiger partial charge in [0.05, 0.1) is 24.7 Å². The summed E-state index contributed by atoms with van der Waals surface area (Å²) in [6.07, 6.45) is 0. The van der Waals surface area contributed by atoms with Crippen LogP contribution in [0, 0.1) is 10.1 Å². The molecule has 8 nitrogen and oxygen atoms in total. The van der Waals surface area contributed by atoms with Gasteiger partial charge in [-0.2, -0.15) is 8.42 Å². The molecule has 24 heavy (non-hydrogen) atoms. The van der Waals surface area contributed by atoms with E-state index in [-0.39, 0.29) is 27.8 Å². The van der Waals surface area contributed by atoms with E-state index in [2.05, 4.69) is 0 Å². The van der Waals surface area contributed by atoms with Crippen molar-refractivity contribution >= 4 is 15.8 Å². The van der Waals surface area contributed by atoms with Crippen LogP contribution in [0.1, 0.15) is 6.92 Å². The van der Waals surface area contributed by atoms with Crippen molar-refractivity contribution in [2.45, 2.75) is 11.8 Å².